The van der Waals surface area contributed by atoms with Crippen LogP contribution in [0.5, 0.6) is 0 Å². The number of nitrogens with two attached hydrogens (primary N) is 1. The van der Waals surface area contributed by atoms with Gasteiger partial charge in [0.15, 0.2) is 0 Å². The number of aromatic nitrogens is 1. The number of hydrogen-bond acceptors (Lipinski definition) is 3. The molecule has 0 bridgehead atoms. The molecule has 0 atom stereocenters. The second kappa shape index (κ2) is 7.01. The molecule has 1 aromatic rings. The zero-order valence-corrected chi connectivity index (χ0v) is 10.6. The molecule has 94 valence electrons. The Morgan fingerprint density at radius 2 is 2.06 bits per heavy atom. The molecule has 0 radical (unpaired) electrons. The number of nitrogens with zero attached hydrogens (tertiary/aromatic N) is 2. The van der Waals surface area contributed by atoms with Crippen LogP contribution >= 0.6 is 0 Å². The SMILES string of the molecule is CC(C)CN(CCCN)C(=O)c1ccncc1. The zero-order chi connectivity index (χ0) is 12.7. The first kappa shape index (κ1) is 13.6. The first-order valence-electron chi connectivity index (χ1n) is 6.04. The molecule has 1 aromatic heterocycles. The lowest BCUT2D eigenvalue weighted by molar-refractivity contribution is 0.0735. The first-order chi connectivity index (χ1) is 8.15. The highest BCUT2D eigenvalue weighted by molar-refractivity contribution is 5.94. The average molecular weight is 235 g/mol. The summed E-state index contributed by atoms with van der Waals surface area (Å²) in [7, 11) is 0. The van der Waals surface area contributed by atoms with Crippen LogP contribution in [-0.2, 0) is 0 Å². The van der Waals surface area contributed by atoms with Crippen LogP contribution < -0.4 is 5.73 Å². The van der Waals surface area contributed by atoms with Crippen LogP contribution in [-0.4, -0.2) is 35.4 Å². The summed E-state index contributed by atoms with van der Waals surface area (Å²) in [5, 5.41) is 0. The van der Waals surface area contributed by atoms with E-state index in [-0.39, 0.29) is 5.91 Å². The van der Waals surface area contributed by atoms with Gasteiger partial charge in [-0.2, -0.15) is 0 Å². The lowest BCUT2D eigenvalue weighted by Crippen LogP contribution is -2.35. The van der Waals surface area contributed by atoms with Crippen molar-refractivity contribution < 1.29 is 4.79 Å². The maximum atomic E-state index is 12.2. The summed E-state index contributed by atoms with van der Waals surface area (Å²) in [6.45, 7) is 6.31. The number of rotatable bonds is 6. The van der Waals surface area contributed by atoms with Crippen LogP contribution in [0.3, 0.4) is 0 Å². The van der Waals surface area contributed by atoms with Crippen LogP contribution in [0, 0.1) is 5.92 Å². The largest absolute Gasteiger partial charge is 0.338 e. The van der Waals surface area contributed by atoms with Gasteiger partial charge < -0.3 is 10.6 Å². The summed E-state index contributed by atoms with van der Waals surface area (Å²) in [4.78, 5) is 18.0. The molecule has 4 heteroatoms. The van der Waals surface area contributed by atoms with Gasteiger partial charge in [-0.1, -0.05) is 13.8 Å². The van der Waals surface area contributed by atoms with Crippen molar-refractivity contribution in [3.05, 3.63) is 30.1 Å². The third kappa shape index (κ3) is 4.53. The van der Waals surface area contributed by atoms with Crippen molar-refractivity contribution in [3.8, 4) is 0 Å². The summed E-state index contributed by atoms with van der Waals surface area (Å²) >= 11 is 0. The van der Waals surface area contributed by atoms with E-state index in [2.05, 4.69) is 18.8 Å². The molecule has 4 nitrogen and oxygen atoms in total. The van der Waals surface area contributed by atoms with Crippen molar-refractivity contribution in [3.63, 3.8) is 0 Å². The number of amides is 1. The Morgan fingerprint density at radius 3 is 2.59 bits per heavy atom. The minimum atomic E-state index is 0.0644. The molecule has 17 heavy (non-hydrogen) atoms. The van der Waals surface area contributed by atoms with Crippen molar-refractivity contribution >= 4 is 5.91 Å². The van der Waals surface area contributed by atoms with Gasteiger partial charge in [-0.3, -0.25) is 9.78 Å². The van der Waals surface area contributed by atoms with Gasteiger partial charge in [-0.25, -0.2) is 0 Å². The van der Waals surface area contributed by atoms with Gasteiger partial charge in [0.05, 0.1) is 0 Å². The highest BCUT2D eigenvalue weighted by Gasteiger charge is 2.15. The maximum absolute atomic E-state index is 12.2. The van der Waals surface area contributed by atoms with Crippen LogP contribution in [0.15, 0.2) is 24.5 Å². The van der Waals surface area contributed by atoms with Crippen molar-refractivity contribution in [2.24, 2.45) is 11.7 Å². The Balaban J connectivity index is 2.71. The average Bonchev–Trinajstić information content (AvgIpc) is 2.34. The fraction of sp³-hybridized carbons (Fsp3) is 0.538. The summed E-state index contributed by atoms with van der Waals surface area (Å²) in [6, 6.07) is 3.50. The second-order valence-corrected chi connectivity index (χ2v) is 4.52. The van der Waals surface area contributed by atoms with Crippen LogP contribution in [0.25, 0.3) is 0 Å². The topological polar surface area (TPSA) is 59.2 Å². The molecule has 0 aliphatic carbocycles. The fourth-order valence-electron chi connectivity index (χ4n) is 1.68. The molecule has 0 unspecified atom stereocenters. The van der Waals surface area contributed by atoms with E-state index >= 15 is 0 Å². The monoisotopic (exact) mass is 235 g/mol. The van der Waals surface area contributed by atoms with Crippen molar-refractivity contribution in [1.82, 2.24) is 9.88 Å². The molecule has 0 aliphatic heterocycles. The Morgan fingerprint density at radius 1 is 1.41 bits per heavy atom. The predicted octanol–water partition coefficient (Wildman–Crippen LogP) is 1.53. The van der Waals surface area contributed by atoms with E-state index in [1.165, 1.54) is 0 Å². The lowest BCUT2D eigenvalue weighted by atomic mass is 10.1. The summed E-state index contributed by atoms with van der Waals surface area (Å²) < 4.78 is 0. The predicted molar refractivity (Wildman–Crippen MR) is 68.6 cm³/mol. The number of hydrogen-bond donors (Lipinski definition) is 1. The Labute approximate surface area is 103 Å². The van der Waals surface area contributed by atoms with E-state index in [1.54, 1.807) is 24.5 Å². The molecule has 1 amide bonds. The number of carbonyl (C=O) groups is 1. The smallest absolute Gasteiger partial charge is 0.253 e. The molecular formula is C13H21N3O. The van der Waals surface area contributed by atoms with Crippen LogP contribution in [0.4, 0.5) is 0 Å². The molecule has 0 saturated heterocycles. The lowest BCUT2D eigenvalue weighted by Gasteiger charge is -2.24. The summed E-state index contributed by atoms with van der Waals surface area (Å²) in [5.74, 6) is 0.521. The van der Waals surface area contributed by atoms with Crippen molar-refractivity contribution in [2.75, 3.05) is 19.6 Å². The van der Waals surface area contributed by atoms with Gasteiger partial charge in [0.1, 0.15) is 0 Å². The van der Waals surface area contributed by atoms with Gasteiger partial charge >= 0.3 is 0 Å². The zero-order valence-electron chi connectivity index (χ0n) is 10.6. The molecule has 0 fully saturated rings. The highest BCUT2D eigenvalue weighted by Crippen LogP contribution is 2.07. The normalized spacial score (nSPS) is 10.6. The quantitative estimate of drug-likeness (QED) is 0.813. The molecule has 0 spiro atoms. The minimum absolute atomic E-state index is 0.0644. The molecular weight excluding hydrogens is 214 g/mol. The van der Waals surface area contributed by atoms with Gasteiger partial charge in [-0.05, 0) is 31.0 Å². The molecule has 1 rings (SSSR count). The van der Waals surface area contributed by atoms with E-state index in [9.17, 15) is 4.79 Å². The Bertz CT molecular complexity index is 338. The third-order valence-electron chi connectivity index (χ3n) is 2.43. The van der Waals surface area contributed by atoms with Gasteiger partial charge in [0.2, 0.25) is 0 Å². The fourth-order valence-corrected chi connectivity index (χ4v) is 1.68. The molecule has 0 saturated carbocycles. The number of carbonyl (C=O) groups excluding carboxylic acids is 1. The standard InChI is InChI=1S/C13H21N3O/c1-11(2)10-16(9-3-6-14)13(17)12-4-7-15-8-5-12/h4-5,7-8,11H,3,6,9-10,14H2,1-2H3. The van der Waals surface area contributed by atoms with Gasteiger partial charge in [0, 0.05) is 31.0 Å². The van der Waals surface area contributed by atoms with E-state index in [4.69, 9.17) is 5.73 Å². The van der Waals surface area contributed by atoms with E-state index in [0.29, 0.717) is 18.0 Å². The summed E-state index contributed by atoms with van der Waals surface area (Å²) in [6.07, 6.45) is 4.12. The minimum Gasteiger partial charge on any atom is -0.338 e. The highest BCUT2D eigenvalue weighted by atomic mass is 16.2. The third-order valence-corrected chi connectivity index (χ3v) is 2.43. The van der Waals surface area contributed by atoms with Crippen LogP contribution in [0.2, 0.25) is 0 Å². The van der Waals surface area contributed by atoms with Gasteiger partial charge in [0.25, 0.3) is 5.91 Å². The molecule has 2 N–H and O–H groups in total. The van der Waals surface area contributed by atoms with E-state index < -0.39 is 0 Å². The molecule has 1 heterocycles. The number of pyridine rings is 1. The molecule has 0 aliphatic rings. The van der Waals surface area contributed by atoms with Crippen molar-refractivity contribution in [1.29, 1.82) is 0 Å². The Kier molecular flexibility index (Phi) is 5.63. The van der Waals surface area contributed by atoms with Gasteiger partial charge in [-0.15, -0.1) is 0 Å². The van der Waals surface area contributed by atoms with E-state index in [0.717, 1.165) is 19.5 Å². The second-order valence-electron chi connectivity index (χ2n) is 4.52. The first-order valence-corrected chi connectivity index (χ1v) is 6.04. The maximum Gasteiger partial charge on any atom is 0.253 e. The van der Waals surface area contributed by atoms with E-state index in [1.807, 2.05) is 4.90 Å². The van der Waals surface area contributed by atoms with Crippen molar-refractivity contribution in [2.45, 2.75) is 20.3 Å². The molecule has 0 aromatic carbocycles. The summed E-state index contributed by atoms with van der Waals surface area (Å²) in [5.41, 5.74) is 6.19. The van der Waals surface area contributed by atoms with Crippen LogP contribution in [0.1, 0.15) is 30.6 Å². The Hall–Kier alpha value is -1.42.